The first-order valence-corrected chi connectivity index (χ1v) is 11.2. The molecular weight excluding hydrogens is 398 g/mol. The number of amides is 1. The van der Waals surface area contributed by atoms with Crippen LogP contribution in [0, 0.1) is 0 Å². The highest BCUT2D eigenvalue weighted by molar-refractivity contribution is 5.87. The van der Waals surface area contributed by atoms with Gasteiger partial charge in [0.2, 0.25) is 5.91 Å². The minimum Gasteiger partial charge on any atom is -0.494 e. The van der Waals surface area contributed by atoms with E-state index < -0.39 is 0 Å². The van der Waals surface area contributed by atoms with Crippen LogP contribution >= 0.6 is 0 Å². The van der Waals surface area contributed by atoms with E-state index >= 15 is 0 Å². The van der Waals surface area contributed by atoms with Crippen molar-refractivity contribution in [1.82, 2.24) is 14.9 Å². The molecule has 0 atom stereocenters. The largest absolute Gasteiger partial charge is 0.494 e. The molecule has 4 rings (SSSR count). The molecule has 5 nitrogen and oxygen atoms in total. The highest BCUT2D eigenvalue weighted by atomic mass is 16.5. The van der Waals surface area contributed by atoms with Crippen LogP contribution in [0.3, 0.4) is 0 Å². The Bertz CT molecular complexity index is 1230. The summed E-state index contributed by atoms with van der Waals surface area (Å²) in [5.74, 6) is 1.90. The van der Waals surface area contributed by atoms with Crippen molar-refractivity contribution in [3.8, 4) is 5.75 Å². The number of nitrogens with one attached hydrogen (secondary N) is 1. The second-order valence-corrected chi connectivity index (χ2v) is 7.77. The number of aryl methyl sites for hydroxylation is 2. The normalized spacial score (nSPS) is 11.4. The molecule has 0 radical (unpaired) electrons. The molecule has 0 unspecified atom stereocenters. The van der Waals surface area contributed by atoms with Crippen LogP contribution < -0.4 is 10.1 Å². The molecule has 1 aromatic heterocycles. The van der Waals surface area contributed by atoms with Crippen molar-refractivity contribution in [3.05, 3.63) is 84.7 Å². The molecule has 3 aromatic carbocycles. The van der Waals surface area contributed by atoms with Gasteiger partial charge in [-0.1, -0.05) is 48.5 Å². The van der Waals surface area contributed by atoms with Crippen LogP contribution in [-0.4, -0.2) is 28.6 Å². The summed E-state index contributed by atoms with van der Waals surface area (Å²) in [6.45, 7) is 3.96. The third-order valence-corrected chi connectivity index (χ3v) is 5.44. The van der Waals surface area contributed by atoms with E-state index in [4.69, 9.17) is 9.72 Å². The van der Waals surface area contributed by atoms with Gasteiger partial charge in [0.1, 0.15) is 11.6 Å². The Morgan fingerprint density at radius 1 is 1.03 bits per heavy atom. The van der Waals surface area contributed by atoms with Gasteiger partial charge in [-0.3, -0.25) is 4.79 Å². The maximum atomic E-state index is 11.6. The highest BCUT2D eigenvalue weighted by Gasteiger charge is 2.10. The molecule has 0 saturated carbocycles. The lowest BCUT2D eigenvalue weighted by molar-refractivity contribution is -0.116. The number of carbonyl (C=O) groups excluding carboxylic acids is 1. The average molecular weight is 428 g/mol. The number of carbonyl (C=O) groups is 1. The minimum atomic E-state index is -0.0492. The average Bonchev–Trinajstić information content (AvgIpc) is 3.17. The molecular formula is C27H29N3O2. The standard InChI is InChI=1S/C27H29N3O2/c1-2-9-27(31)28-17-7-14-26-29-24-12-5-6-13-25(24)30(26)18-8-19-32-23-16-15-21-10-3-4-11-22(21)20-23/h2-6,9-13,15-16,20H,7-8,14,17-19H2,1H3,(H,28,31)/b9-2-. The van der Waals surface area contributed by atoms with Gasteiger partial charge in [0.25, 0.3) is 0 Å². The van der Waals surface area contributed by atoms with Gasteiger partial charge in [0.05, 0.1) is 17.6 Å². The number of hydrogen-bond acceptors (Lipinski definition) is 3. The smallest absolute Gasteiger partial charge is 0.243 e. The van der Waals surface area contributed by atoms with E-state index in [0.717, 1.165) is 48.4 Å². The molecule has 32 heavy (non-hydrogen) atoms. The Morgan fingerprint density at radius 3 is 2.72 bits per heavy atom. The predicted molar refractivity (Wildman–Crippen MR) is 130 cm³/mol. The van der Waals surface area contributed by atoms with Crippen LogP contribution in [0.15, 0.2) is 78.9 Å². The fraction of sp³-hybridized carbons (Fsp3) is 0.259. The van der Waals surface area contributed by atoms with Crippen molar-refractivity contribution in [1.29, 1.82) is 0 Å². The number of nitrogens with zero attached hydrogens (tertiary/aromatic N) is 2. The van der Waals surface area contributed by atoms with Crippen molar-refractivity contribution in [2.75, 3.05) is 13.2 Å². The number of imidazole rings is 1. The van der Waals surface area contributed by atoms with Gasteiger partial charge in [0.15, 0.2) is 0 Å². The van der Waals surface area contributed by atoms with Crippen molar-refractivity contribution < 1.29 is 9.53 Å². The summed E-state index contributed by atoms with van der Waals surface area (Å²) in [6.07, 6.45) is 5.84. The number of ether oxygens (including phenoxy) is 1. The van der Waals surface area contributed by atoms with E-state index in [-0.39, 0.29) is 5.91 Å². The highest BCUT2D eigenvalue weighted by Crippen LogP contribution is 2.21. The van der Waals surface area contributed by atoms with Crippen molar-refractivity contribution in [2.24, 2.45) is 0 Å². The summed E-state index contributed by atoms with van der Waals surface area (Å²) in [5.41, 5.74) is 2.15. The lowest BCUT2D eigenvalue weighted by Gasteiger charge is -2.11. The van der Waals surface area contributed by atoms with Crippen LogP contribution in [0.25, 0.3) is 21.8 Å². The fourth-order valence-corrected chi connectivity index (χ4v) is 3.90. The van der Waals surface area contributed by atoms with E-state index in [1.165, 1.54) is 10.8 Å². The first kappa shape index (κ1) is 21.6. The SMILES string of the molecule is C/C=C\C(=O)NCCCc1nc2ccccc2n1CCCOc1ccc2ccccc2c1. The van der Waals surface area contributed by atoms with Crippen LogP contribution in [0.2, 0.25) is 0 Å². The molecule has 0 aliphatic heterocycles. The summed E-state index contributed by atoms with van der Waals surface area (Å²) >= 11 is 0. The molecule has 0 saturated heterocycles. The monoisotopic (exact) mass is 427 g/mol. The summed E-state index contributed by atoms with van der Waals surface area (Å²) in [5, 5.41) is 5.32. The Kier molecular flexibility index (Phi) is 7.18. The second-order valence-electron chi connectivity index (χ2n) is 7.77. The quantitative estimate of drug-likeness (QED) is 0.277. The Hall–Kier alpha value is -3.60. The number of aromatic nitrogens is 2. The zero-order valence-electron chi connectivity index (χ0n) is 18.5. The molecule has 0 aliphatic carbocycles. The van der Waals surface area contributed by atoms with E-state index in [0.29, 0.717) is 13.2 Å². The van der Waals surface area contributed by atoms with Crippen molar-refractivity contribution in [3.63, 3.8) is 0 Å². The van der Waals surface area contributed by atoms with E-state index in [2.05, 4.69) is 46.3 Å². The van der Waals surface area contributed by atoms with Gasteiger partial charge in [-0.2, -0.15) is 0 Å². The molecule has 164 valence electrons. The zero-order chi connectivity index (χ0) is 22.2. The Morgan fingerprint density at radius 2 is 1.84 bits per heavy atom. The van der Waals surface area contributed by atoms with Gasteiger partial charge < -0.3 is 14.6 Å². The first-order valence-electron chi connectivity index (χ1n) is 11.2. The molecule has 0 bridgehead atoms. The molecule has 5 heteroatoms. The molecule has 1 N–H and O–H groups in total. The first-order chi connectivity index (χ1) is 15.7. The Balaban J connectivity index is 1.35. The van der Waals surface area contributed by atoms with Crippen molar-refractivity contribution >= 4 is 27.7 Å². The third-order valence-electron chi connectivity index (χ3n) is 5.44. The number of fused-ring (bicyclic) bond motifs is 2. The molecule has 0 aliphatic rings. The number of rotatable bonds is 10. The summed E-state index contributed by atoms with van der Waals surface area (Å²) < 4.78 is 8.31. The maximum absolute atomic E-state index is 11.6. The second kappa shape index (κ2) is 10.6. The predicted octanol–water partition coefficient (Wildman–Crippen LogP) is 5.28. The molecule has 1 amide bonds. The van der Waals surface area contributed by atoms with Gasteiger partial charge in [-0.15, -0.1) is 0 Å². The van der Waals surface area contributed by atoms with E-state index in [9.17, 15) is 4.79 Å². The van der Waals surface area contributed by atoms with Crippen LogP contribution in [0.1, 0.15) is 25.6 Å². The summed E-state index contributed by atoms with van der Waals surface area (Å²) in [7, 11) is 0. The number of allylic oxidation sites excluding steroid dienone is 1. The zero-order valence-corrected chi connectivity index (χ0v) is 18.5. The van der Waals surface area contributed by atoms with Gasteiger partial charge >= 0.3 is 0 Å². The van der Waals surface area contributed by atoms with Gasteiger partial charge in [-0.05, 0) is 60.9 Å². The third kappa shape index (κ3) is 5.35. The fourth-order valence-electron chi connectivity index (χ4n) is 3.90. The lowest BCUT2D eigenvalue weighted by Crippen LogP contribution is -2.22. The van der Waals surface area contributed by atoms with E-state index in [1.54, 1.807) is 12.2 Å². The lowest BCUT2D eigenvalue weighted by atomic mass is 10.1. The molecule has 0 spiro atoms. The van der Waals surface area contributed by atoms with Gasteiger partial charge in [-0.25, -0.2) is 4.98 Å². The van der Waals surface area contributed by atoms with Crippen LogP contribution in [0.5, 0.6) is 5.75 Å². The molecule has 1 heterocycles. The van der Waals surface area contributed by atoms with Gasteiger partial charge in [0, 0.05) is 19.5 Å². The van der Waals surface area contributed by atoms with E-state index in [1.807, 2.05) is 37.3 Å². The number of para-hydroxylation sites is 2. The number of hydrogen-bond donors (Lipinski definition) is 1. The topological polar surface area (TPSA) is 56.2 Å². The molecule has 4 aromatic rings. The summed E-state index contributed by atoms with van der Waals surface area (Å²) in [4.78, 5) is 16.4. The maximum Gasteiger partial charge on any atom is 0.243 e. The molecule has 0 fully saturated rings. The summed E-state index contributed by atoms with van der Waals surface area (Å²) in [6, 6.07) is 22.8. The van der Waals surface area contributed by atoms with Crippen LogP contribution in [-0.2, 0) is 17.8 Å². The van der Waals surface area contributed by atoms with Crippen molar-refractivity contribution in [2.45, 2.75) is 32.7 Å². The number of benzene rings is 3. The van der Waals surface area contributed by atoms with Crippen LogP contribution in [0.4, 0.5) is 0 Å². The Labute approximate surface area is 188 Å². The minimum absolute atomic E-state index is 0.0492.